The second-order valence-corrected chi connectivity index (χ2v) is 31.1. The van der Waals surface area contributed by atoms with E-state index in [2.05, 4.69) is 272 Å². The first-order valence-corrected chi connectivity index (χ1v) is 31.1. The second-order valence-electron chi connectivity index (χ2n) is 31.1. The van der Waals surface area contributed by atoms with Crippen molar-refractivity contribution in [2.24, 2.45) is 0 Å². The fourth-order valence-electron chi connectivity index (χ4n) is 16.7. The third-order valence-electron chi connectivity index (χ3n) is 21.9. The van der Waals surface area contributed by atoms with E-state index in [0.29, 0.717) is 0 Å². The Morgan fingerprint density at radius 2 is 0.790 bits per heavy atom. The Labute approximate surface area is 488 Å². The van der Waals surface area contributed by atoms with Crippen LogP contribution in [0, 0.1) is 13.8 Å². The summed E-state index contributed by atoms with van der Waals surface area (Å²) in [6, 6.07) is 52.3. The van der Waals surface area contributed by atoms with Crippen LogP contribution in [0.5, 0.6) is 0 Å². The van der Waals surface area contributed by atoms with E-state index in [0.717, 1.165) is 12.8 Å². The van der Waals surface area contributed by atoms with Crippen molar-refractivity contribution in [2.75, 3.05) is 19.6 Å². The summed E-state index contributed by atoms with van der Waals surface area (Å²) in [7, 11) is 0. The average Bonchev–Trinajstić information content (AvgIpc) is 2.04. The van der Waals surface area contributed by atoms with Crippen molar-refractivity contribution in [2.45, 2.75) is 220 Å². The number of fused-ring (bicyclic) bond motifs is 10. The predicted molar refractivity (Wildman–Crippen MR) is 350 cm³/mol. The average molecular weight is 1070 g/mol. The van der Waals surface area contributed by atoms with Gasteiger partial charge in [-0.15, -0.1) is 0 Å². The van der Waals surface area contributed by atoms with Crippen LogP contribution in [0.25, 0.3) is 0 Å². The van der Waals surface area contributed by atoms with Gasteiger partial charge in [0.05, 0.1) is 11.1 Å². The molecule has 81 heavy (non-hydrogen) atoms. The highest BCUT2D eigenvalue weighted by Gasteiger charge is 2.60. The van der Waals surface area contributed by atoms with Crippen molar-refractivity contribution < 1.29 is 0 Å². The summed E-state index contributed by atoms with van der Waals surface area (Å²) in [5, 5.41) is 0. The summed E-state index contributed by atoms with van der Waals surface area (Å²) >= 11 is 0. The Morgan fingerprint density at radius 3 is 1.31 bits per heavy atom. The topological polar surface area (TPSA) is 13.0 Å². The molecule has 0 spiro atoms. The van der Waals surface area contributed by atoms with Gasteiger partial charge in [-0.05, 0) is 197 Å². The molecule has 5 heteroatoms. The monoisotopic (exact) mass is 1070 g/mol. The molecule has 4 unspecified atom stereocenters. The van der Waals surface area contributed by atoms with Crippen LogP contribution < -0.4 is 36.0 Å². The van der Waals surface area contributed by atoms with Gasteiger partial charge in [0.25, 0.3) is 6.71 Å². The number of hydrogen-bond acceptors (Lipinski definition) is 4. The maximum Gasteiger partial charge on any atom is 0.252 e. The normalized spacial score (nSPS) is 23.9. The van der Waals surface area contributed by atoms with E-state index < -0.39 is 0 Å². The van der Waals surface area contributed by atoms with Gasteiger partial charge in [-0.3, -0.25) is 0 Å². The summed E-state index contributed by atoms with van der Waals surface area (Å²) in [4.78, 5) is 11.0. The summed E-state index contributed by atoms with van der Waals surface area (Å²) in [6.07, 6.45) is 9.66. The Kier molecular flexibility index (Phi) is 11.8. The van der Waals surface area contributed by atoms with Gasteiger partial charge in [-0.2, -0.15) is 0 Å². The van der Waals surface area contributed by atoms with Gasteiger partial charge < -0.3 is 19.6 Å². The zero-order valence-electron chi connectivity index (χ0n) is 52.6. The van der Waals surface area contributed by atoms with Gasteiger partial charge in [0.2, 0.25) is 0 Å². The predicted octanol–water partition coefficient (Wildman–Crippen LogP) is 19.1. The zero-order chi connectivity index (χ0) is 57.5. The van der Waals surface area contributed by atoms with Crippen LogP contribution in [0.4, 0.5) is 56.9 Å². The molecule has 4 aliphatic heterocycles. The van der Waals surface area contributed by atoms with E-state index in [9.17, 15) is 0 Å². The third-order valence-corrected chi connectivity index (χ3v) is 21.9. The fourth-order valence-corrected chi connectivity index (χ4v) is 16.7. The summed E-state index contributed by atoms with van der Waals surface area (Å²) in [6.45, 7) is 43.3. The van der Waals surface area contributed by atoms with Crippen LogP contribution in [0.2, 0.25) is 0 Å². The zero-order valence-corrected chi connectivity index (χ0v) is 52.6. The van der Waals surface area contributed by atoms with Gasteiger partial charge in [0, 0.05) is 67.7 Å². The molecule has 4 heterocycles. The van der Waals surface area contributed by atoms with Crippen LogP contribution in [0.1, 0.15) is 207 Å². The Bertz CT molecular complexity index is 3690. The van der Waals surface area contributed by atoms with E-state index in [1.54, 1.807) is 0 Å². The van der Waals surface area contributed by atoms with Crippen LogP contribution in [0.15, 0.2) is 127 Å². The minimum absolute atomic E-state index is 0.0133. The van der Waals surface area contributed by atoms with Gasteiger partial charge in [-0.25, -0.2) is 0 Å². The largest absolute Gasteiger partial charge is 0.334 e. The molecule has 13 rings (SSSR count). The minimum Gasteiger partial charge on any atom is -0.334 e. The van der Waals surface area contributed by atoms with Gasteiger partial charge in [0.15, 0.2) is 0 Å². The number of nitrogens with zero attached hydrogens (tertiary/aromatic N) is 4. The summed E-state index contributed by atoms with van der Waals surface area (Å²) in [5.41, 5.74) is 28.0. The van der Waals surface area contributed by atoms with E-state index in [1.165, 1.54) is 156 Å². The first kappa shape index (κ1) is 54.1. The molecular weight excluding hydrogens is 980 g/mol. The molecule has 0 radical (unpaired) electrons. The van der Waals surface area contributed by atoms with Crippen molar-refractivity contribution in [3.63, 3.8) is 0 Å². The molecule has 0 bridgehead atoms. The minimum atomic E-state index is -0.148. The lowest BCUT2D eigenvalue weighted by Crippen LogP contribution is -2.62. The van der Waals surface area contributed by atoms with Gasteiger partial charge in [0.1, 0.15) is 0 Å². The molecule has 0 aromatic heterocycles. The summed E-state index contributed by atoms with van der Waals surface area (Å²) < 4.78 is 0. The standard InChI is InChI=1S/C76H91BN4/c1-48-41-49(2)68-59(42-48)74(16)38-20-22-40-76(74,18)81(68)56-33-36-64-61(45-56)77-60-44-53(72(12,13)14)28-35-63(60)78(54-29-23-50(24-30-54)69(3,4)5)65-46-57(47-66(67(65)77)79(64)55-31-25-51(26-32-55)70(6,7)8)80-62-34-27-52(71(9,10)11)43-58(62)73(15)37-19-21-39-75(73,80)17/h23-36,41-47H,19-22,37-40H2,1-18H3. The van der Waals surface area contributed by atoms with Crippen molar-refractivity contribution in [1.29, 1.82) is 0 Å². The summed E-state index contributed by atoms with van der Waals surface area (Å²) in [5.74, 6) is 0. The molecule has 2 aliphatic carbocycles. The van der Waals surface area contributed by atoms with Crippen LogP contribution in [0.3, 0.4) is 0 Å². The number of anilines is 10. The Hall–Kier alpha value is -6.20. The molecule has 6 aliphatic rings. The smallest absolute Gasteiger partial charge is 0.252 e. The number of benzene rings is 7. The van der Waals surface area contributed by atoms with E-state index in [4.69, 9.17) is 0 Å². The first-order chi connectivity index (χ1) is 38.0. The van der Waals surface area contributed by atoms with Gasteiger partial charge >= 0.3 is 0 Å². The molecule has 4 nitrogen and oxygen atoms in total. The molecule has 418 valence electrons. The van der Waals surface area contributed by atoms with Crippen molar-refractivity contribution in [3.05, 3.63) is 172 Å². The molecule has 0 amide bonds. The third kappa shape index (κ3) is 7.81. The number of hydrogen-bond donors (Lipinski definition) is 0. The van der Waals surface area contributed by atoms with Crippen LogP contribution >= 0.6 is 0 Å². The number of aryl methyl sites for hydroxylation is 2. The highest BCUT2D eigenvalue weighted by atomic mass is 15.3. The quantitative estimate of drug-likeness (QED) is 0.163. The molecule has 4 atom stereocenters. The number of rotatable bonds is 4. The molecule has 7 aromatic rings. The van der Waals surface area contributed by atoms with Crippen LogP contribution in [-0.2, 0) is 32.5 Å². The highest BCUT2D eigenvalue weighted by Crippen LogP contribution is 2.64. The van der Waals surface area contributed by atoms with Crippen molar-refractivity contribution in [1.82, 2.24) is 0 Å². The lowest BCUT2D eigenvalue weighted by atomic mass is 9.33. The Balaban J connectivity index is 1.14. The molecule has 7 aromatic carbocycles. The lowest BCUT2D eigenvalue weighted by molar-refractivity contribution is 0.195. The van der Waals surface area contributed by atoms with E-state index >= 15 is 0 Å². The SMILES string of the molecule is Cc1cc(C)c2c(c1)C1(C)CCCCC1(C)N2c1ccc2c(c1)B1c3cc(C(C)(C)C)ccc3N(c3ccc(C(C)(C)C)cc3)c3cc(N4c5ccc(C(C)(C)C)cc5C5(C)CCCCC45C)cc(c31)N2c1ccc(C(C)(C)C)cc1. The second kappa shape index (κ2) is 17.7. The van der Waals surface area contributed by atoms with E-state index in [1.807, 2.05) is 0 Å². The van der Waals surface area contributed by atoms with Crippen molar-refractivity contribution in [3.8, 4) is 0 Å². The maximum atomic E-state index is 2.84. The Morgan fingerprint density at radius 1 is 0.370 bits per heavy atom. The van der Waals surface area contributed by atoms with Gasteiger partial charge in [-0.1, -0.05) is 189 Å². The fraction of sp³-hybridized carbons (Fsp3) is 0.447. The highest BCUT2D eigenvalue weighted by molar-refractivity contribution is 7.00. The maximum absolute atomic E-state index is 2.84. The molecule has 2 saturated carbocycles. The first-order valence-electron chi connectivity index (χ1n) is 31.1. The molecule has 2 fully saturated rings. The van der Waals surface area contributed by atoms with Crippen molar-refractivity contribution >= 4 is 80.0 Å². The van der Waals surface area contributed by atoms with E-state index in [-0.39, 0.29) is 50.3 Å². The van der Waals surface area contributed by atoms with Crippen LogP contribution in [-0.4, -0.2) is 17.8 Å². The molecular formula is C76H91BN4. The molecule has 0 N–H and O–H groups in total. The molecule has 0 saturated heterocycles. The lowest BCUT2D eigenvalue weighted by Gasteiger charge is -2.51.